The minimum atomic E-state index is -0.459. The molecule has 0 aliphatic carbocycles. The van der Waals surface area contributed by atoms with Gasteiger partial charge in [0.05, 0.1) is 11.2 Å². The molecule has 0 bridgehead atoms. The molecule has 0 saturated heterocycles. The van der Waals surface area contributed by atoms with Gasteiger partial charge in [0, 0.05) is 6.07 Å². The standard InChI is InChI=1S/C13H8ClFN2O2/c14-9-3-1-2-4-11(9)18-7-12-17-10-5-8(15)6-16-13(10)19-12/h1-6H,7H2. The third-order valence-corrected chi connectivity index (χ3v) is 2.76. The molecule has 2 aromatic heterocycles. The zero-order valence-electron chi connectivity index (χ0n) is 9.64. The monoisotopic (exact) mass is 278 g/mol. The summed E-state index contributed by atoms with van der Waals surface area (Å²) in [5.74, 6) is 0.387. The number of oxazole rings is 1. The molecule has 2 heterocycles. The fraction of sp³-hybridized carbons (Fsp3) is 0.0769. The lowest BCUT2D eigenvalue weighted by molar-refractivity contribution is 0.266. The number of hydrogen-bond donors (Lipinski definition) is 0. The molecule has 0 atom stereocenters. The smallest absolute Gasteiger partial charge is 0.247 e. The second kappa shape index (κ2) is 4.85. The Morgan fingerprint density at radius 2 is 2.16 bits per heavy atom. The number of pyridine rings is 1. The highest BCUT2D eigenvalue weighted by Crippen LogP contribution is 2.24. The van der Waals surface area contributed by atoms with Crippen LogP contribution in [0.3, 0.4) is 0 Å². The van der Waals surface area contributed by atoms with E-state index in [0.29, 0.717) is 22.2 Å². The molecule has 0 saturated carbocycles. The van der Waals surface area contributed by atoms with E-state index in [0.717, 1.165) is 6.20 Å². The van der Waals surface area contributed by atoms with Crippen LogP contribution >= 0.6 is 11.6 Å². The molecule has 0 fully saturated rings. The number of halogens is 2. The Morgan fingerprint density at radius 3 is 3.00 bits per heavy atom. The molecule has 3 aromatic rings. The molecular weight excluding hydrogens is 271 g/mol. The van der Waals surface area contributed by atoms with Gasteiger partial charge in [-0.3, -0.25) is 0 Å². The number of aromatic nitrogens is 2. The van der Waals surface area contributed by atoms with Gasteiger partial charge in [0.15, 0.2) is 6.61 Å². The molecule has 3 rings (SSSR count). The number of nitrogens with zero attached hydrogens (tertiary/aromatic N) is 2. The molecule has 0 aliphatic heterocycles. The molecule has 19 heavy (non-hydrogen) atoms. The second-order valence-electron chi connectivity index (χ2n) is 3.80. The van der Waals surface area contributed by atoms with Crippen LogP contribution in [0.1, 0.15) is 5.89 Å². The fourth-order valence-electron chi connectivity index (χ4n) is 1.61. The lowest BCUT2D eigenvalue weighted by Crippen LogP contribution is -1.95. The highest BCUT2D eigenvalue weighted by molar-refractivity contribution is 6.32. The van der Waals surface area contributed by atoms with Crippen LogP contribution in [-0.2, 0) is 6.61 Å². The Hall–Kier alpha value is -2.14. The van der Waals surface area contributed by atoms with Gasteiger partial charge < -0.3 is 9.15 Å². The Bertz CT molecular complexity index is 729. The van der Waals surface area contributed by atoms with Crippen LogP contribution in [0.15, 0.2) is 40.9 Å². The maximum Gasteiger partial charge on any atom is 0.247 e. The summed E-state index contributed by atoms with van der Waals surface area (Å²) in [7, 11) is 0. The number of hydrogen-bond acceptors (Lipinski definition) is 4. The first-order valence-corrected chi connectivity index (χ1v) is 5.88. The maximum atomic E-state index is 13.0. The van der Waals surface area contributed by atoms with Crippen molar-refractivity contribution in [3.63, 3.8) is 0 Å². The first-order chi connectivity index (χ1) is 9.22. The van der Waals surface area contributed by atoms with Crippen molar-refractivity contribution in [1.29, 1.82) is 0 Å². The fourth-order valence-corrected chi connectivity index (χ4v) is 1.80. The lowest BCUT2D eigenvalue weighted by atomic mass is 10.3. The zero-order chi connectivity index (χ0) is 13.2. The maximum absolute atomic E-state index is 13.0. The van der Waals surface area contributed by atoms with E-state index in [9.17, 15) is 4.39 Å². The lowest BCUT2D eigenvalue weighted by Gasteiger charge is -2.04. The van der Waals surface area contributed by atoms with Gasteiger partial charge in [0.2, 0.25) is 11.6 Å². The van der Waals surface area contributed by atoms with E-state index in [1.807, 2.05) is 6.07 Å². The normalized spacial score (nSPS) is 10.8. The number of fused-ring (bicyclic) bond motifs is 1. The topological polar surface area (TPSA) is 48.2 Å². The van der Waals surface area contributed by atoms with Crippen molar-refractivity contribution in [2.24, 2.45) is 0 Å². The van der Waals surface area contributed by atoms with Gasteiger partial charge in [0.1, 0.15) is 17.1 Å². The summed E-state index contributed by atoms with van der Waals surface area (Å²) in [6.07, 6.45) is 1.08. The van der Waals surface area contributed by atoms with Crippen molar-refractivity contribution in [2.75, 3.05) is 0 Å². The number of ether oxygens (including phenoxy) is 1. The van der Waals surface area contributed by atoms with E-state index < -0.39 is 5.82 Å². The van der Waals surface area contributed by atoms with Crippen LogP contribution in [-0.4, -0.2) is 9.97 Å². The van der Waals surface area contributed by atoms with Gasteiger partial charge >= 0.3 is 0 Å². The quantitative estimate of drug-likeness (QED) is 0.734. The minimum Gasteiger partial charge on any atom is -0.482 e. The summed E-state index contributed by atoms with van der Waals surface area (Å²) in [4.78, 5) is 7.87. The number of para-hydroxylation sites is 1. The molecule has 4 nitrogen and oxygen atoms in total. The molecular formula is C13H8ClFN2O2. The van der Waals surface area contributed by atoms with E-state index in [-0.39, 0.29) is 12.3 Å². The molecule has 0 unspecified atom stereocenters. The van der Waals surface area contributed by atoms with E-state index in [1.165, 1.54) is 6.07 Å². The third-order valence-electron chi connectivity index (χ3n) is 2.45. The third kappa shape index (κ3) is 2.51. The van der Waals surface area contributed by atoms with E-state index in [2.05, 4.69) is 9.97 Å². The minimum absolute atomic E-state index is 0.0989. The summed E-state index contributed by atoms with van der Waals surface area (Å²) >= 11 is 5.95. The first-order valence-electron chi connectivity index (χ1n) is 5.50. The Labute approximate surface area is 112 Å². The Balaban J connectivity index is 1.80. The Kier molecular flexibility index (Phi) is 3.05. The molecule has 0 aliphatic rings. The average Bonchev–Trinajstić information content (AvgIpc) is 2.79. The first kappa shape index (κ1) is 11.9. The van der Waals surface area contributed by atoms with Gasteiger partial charge in [-0.05, 0) is 12.1 Å². The molecule has 0 radical (unpaired) electrons. The van der Waals surface area contributed by atoms with E-state index in [4.69, 9.17) is 20.8 Å². The van der Waals surface area contributed by atoms with Crippen LogP contribution in [0.2, 0.25) is 5.02 Å². The van der Waals surface area contributed by atoms with Gasteiger partial charge in [-0.15, -0.1) is 0 Å². The molecule has 6 heteroatoms. The van der Waals surface area contributed by atoms with Crippen molar-refractivity contribution in [3.8, 4) is 5.75 Å². The van der Waals surface area contributed by atoms with Crippen LogP contribution in [0.4, 0.5) is 4.39 Å². The molecule has 96 valence electrons. The van der Waals surface area contributed by atoms with Crippen molar-refractivity contribution in [2.45, 2.75) is 6.61 Å². The SMILES string of the molecule is Fc1cnc2oc(COc3ccccc3Cl)nc2c1. The van der Waals surface area contributed by atoms with E-state index >= 15 is 0 Å². The predicted molar refractivity (Wildman–Crippen MR) is 67.5 cm³/mol. The summed E-state index contributed by atoms with van der Waals surface area (Å²) in [5.41, 5.74) is 0.636. The second-order valence-corrected chi connectivity index (χ2v) is 4.21. The van der Waals surface area contributed by atoms with Gasteiger partial charge in [0.25, 0.3) is 0 Å². The van der Waals surface area contributed by atoms with Crippen LogP contribution in [0.25, 0.3) is 11.2 Å². The number of rotatable bonds is 3. The summed E-state index contributed by atoms with van der Waals surface area (Å²) in [5, 5.41) is 0.503. The molecule has 0 spiro atoms. The summed E-state index contributed by atoms with van der Waals surface area (Å²) in [6, 6.07) is 8.33. The van der Waals surface area contributed by atoms with Gasteiger partial charge in [-0.25, -0.2) is 14.4 Å². The van der Waals surface area contributed by atoms with Crippen molar-refractivity contribution in [3.05, 3.63) is 53.3 Å². The predicted octanol–water partition coefficient (Wildman–Crippen LogP) is 3.59. The molecule has 0 amide bonds. The van der Waals surface area contributed by atoms with Crippen molar-refractivity contribution < 1.29 is 13.5 Å². The average molecular weight is 279 g/mol. The molecule has 0 N–H and O–H groups in total. The van der Waals surface area contributed by atoms with Crippen molar-refractivity contribution >= 4 is 22.8 Å². The highest BCUT2D eigenvalue weighted by atomic mass is 35.5. The number of benzene rings is 1. The zero-order valence-corrected chi connectivity index (χ0v) is 10.4. The summed E-state index contributed by atoms with van der Waals surface area (Å²) in [6.45, 7) is 0.0989. The largest absolute Gasteiger partial charge is 0.482 e. The summed E-state index contributed by atoms with van der Waals surface area (Å²) < 4.78 is 23.8. The highest BCUT2D eigenvalue weighted by Gasteiger charge is 2.09. The van der Waals surface area contributed by atoms with Crippen molar-refractivity contribution in [1.82, 2.24) is 9.97 Å². The molecule has 1 aromatic carbocycles. The van der Waals surface area contributed by atoms with E-state index in [1.54, 1.807) is 18.2 Å². The van der Waals surface area contributed by atoms with Crippen LogP contribution in [0, 0.1) is 5.82 Å². The Morgan fingerprint density at radius 1 is 1.32 bits per heavy atom. The van der Waals surface area contributed by atoms with Crippen LogP contribution < -0.4 is 4.74 Å². The van der Waals surface area contributed by atoms with Gasteiger partial charge in [-0.1, -0.05) is 23.7 Å². The van der Waals surface area contributed by atoms with Crippen LogP contribution in [0.5, 0.6) is 5.75 Å². The van der Waals surface area contributed by atoms with Gasteiger partial charge in [-0.2, -0.15) is 0 Å².